The lowest BCUT2D eigenvalue weighted by Gasteiger charge is -2.34. The van der Waals surface area contributed by atoms with Gasteiger partial charge in [-0.15, -0.1) is 0 Å². The van der Waals surface area contributed by atoms with E-state index in [1.165, 1.54) is 0 Å². The zero-order valence-electron chi connectivity index (χ0n) is 10.8. The Labute approximate surface area is 107 Å². The first kappa shape index (κ1) is 13.3. The van der Waals surface area contributed by atoms with Gasteiger partial charge in [0.1, 0.15) is 0 Å². The number of carbonyl (C=O) groups excluding carboxylic acids is 1. The van der Waals surface area contributed by atoms with Crippen LogP contribution in [-0.2, 0) is 14.3 Å². The number of morpholine rings is 1. The average Bonchev–Trinajstić information content (AvgIpc) is 2.74. The third-order valence-corrected chi connectivity index (χ3v) is 4.03. The van der Waals surface area contributed by atoms with Gasteiger partial charge in [-0.2, -0.15) is 0 Å². The summed E-state index contributed by atoms with van der Waals surface area (Å²) >= 11 is 0. The van der Waals surface area contributed by atoms with E-state index in [1.54, 1.807) is 4.90 Å². The van der Waals surface area contributed by atoms with E-state index in [0.717, 1.165) is 19.3 Å². The highest BCUT2D eigenvalue weighted by Crippen LogP contribution is 2.33. The molecule has 0 radical (unpaired) electrons. The molecule has 3 unspecified atom stereocenters. The van der Waals surface area contributed by atoms with Gasteiger partial charge in [0.15, 0.2) is 0 Å². The summed E-state index contributed by atoms with van der Waals surface area (Å²) in [6.45, 7) is 3.60. The molecule has 2 rings (SSSR count). The van der Waals surface area contributed by atoms with E-state index >= 15 is 0 Å². The summed E-state index contributed by atoms with van der Waals surface area (Å²) in [5.74, 6) is -0.0888. The molecule has 1 aliphatic heterocycles. The Hall–Kier alpha value is -1.10. The number of rotatable bonds is 3. The van der Waals surface area contributed by atoms with Crippen molar-refractivity contribution in [2.24, 2.45) is 11.8 Å². The second-order valence-electron chi connectivity index (χ2n) is 5.39. The molecule has 1 saturated carbocycles. The molecule has 5 heteroatoms. The number of nitrogens with zero attached hydrogens (tertiary/aromatic N) is 1. The summed E-state index contributed by atoms with van der Waals surface area (Å²) in [5, 5.41) is 8.76. The Balaban J connectivity index is 1.91. The third kappa shape index (κ3) is 3.02. The molecule has 102 valence electrons. The van der Waals surface area contributed by atoms with Gasteiger partial charge < -0.3 is 14.7 Å². The molecule has 1 amide bonds. The zero-order valence-corrected chi connectivity index (χ0v) is 10.8. The van der Waals surface area contributed by atoms with Crippen molar-refractivity contribution in [3.63, 3.8) is 0 Å². The smallest absolute Gasteiger partial charge is 0.306 e. The van der Waals surface area contributed by atoms with E-state index in [-0.39, 0.29) is 24.3 Å². The second-order valence-corrected chi connectivity index (χ2v) is 5.39. The molecule has 0 aromatic heterocycles. The number of hydrogen-bond acceptors (Lipinski definition) is 3. The van der Waals surface area contributed by atoms with Crippen LogP contribution in [0.5, 0.6) is 0 Å². The number of carboxylic acids is 1. The number of amides is 1. The largest absolute Gasteiger partial charge is 0.481 e. The molecule has 0 aromatic rings. The summed E-state index contributed by atoms with van der Waals surface area (Å²) < 4.78 is 5.38. The molecule has 1 aliphatic carbocycles. The van der Waals surface area contributed by atoms with E-state index in [2.05, 4.69) is 6.92 Å². The van der Waals surface area contributed by atoms with E-state index in [0.29, 0.717) is 25.6 Å². The maximum Gasteiger partial charge on any atom is 0.306 e. The van der Waals surface area contributed by atoms with Crippen LogP contribution in [0.4, 0.5) is 0 Å². The van der Waals surface area contributed by atoms with Crippen LogP contribution in [0.1, 0.15) is 32.6 Å². The average molecular weight is 255 g/mol. The Kier molecular flexibility index (Phi) is 4.22. The molecule has 1 saturated heterocycles. The number of ether oxygens (including phenoxy) is 1. The quantitative estimate of drug-likeness (QED) is 0.820. The molecule has 0 bridgehead atoms. The second kappa shape index (κ2) is 5.69. The van der Waals surface area contributed by atoms with Crippen molar-refractivity contribution >= 4 is 11.9 Å². The molecule has 0 aromatic carbocycles. The van der Waals surface area contributed by atoms with Gasteiger partial charge in [0, 0.05) is 19.0 Å². The fraction of sp³-hybridized carbons (Fsp3) is 0.846. The van der Waals surface area contributed by atoms with Crippen molar-refractivity contribution in [1.82, 2.24) is 4.90 Å². The van der Waals surface area contributed by atoms with Crippen molar-refractivity contribution < 1.29 is 19.4 Å². The van der Waals surface area contributed by atoms with Crippen LogP contribution in [0, 0.1) is 11.8 Å². The fourth-order valence-corrected chi connectivity index (χ4v) is 2.98. The van der Waals surface area contributed by atoms with E-state index in [4.69, 9.17) is 9.84 Å². The minimum Gasteiger partial charge on any atom is -0.481 e. The van der Waals surface area contributed by atoms with Crippen molar-refractivity contribution in [2.45, 2.75) is 38.7 Å². The Morgan fingerprint density at radius 2 is 2.17 bits per heavy atom. The van der Waals surface area contributed by atoms with Crippen LogP contribution in [0.3, 0.4) is 0 Å². The maximum atomic E-state index is 12.4. The summed E-state index contributed by atoms with van der Waals surface area (Å²) in [5.41, 5.74) is 0. The van der Waals surface area contributed by atoms with Gasteiger partial charge in [-0.3, -0.25) is 9.59 Å². The standard InChI is InChI=1S/C13H21NO4/c1-9-3-2-4-11(9)13(17)14-5-6-18-10(8-14)7-12(15)16/h9-11H,2-8H2,1H3,(H,15,16). The van der Waals surface area contributed by atoms with Crippen LogP contribution in [0.15, 0.2) is 0 Å². The van der Waals surface area contributed by atoms with Crippen LogP contribution in [0.2, 0.25) is 0 Å². The highest BCUT2D eigenvalue weighted by atomic mass is 16.5. The maximum absolute atomic E-state index is 12.4. The lowest BCUT2D eigenvalue weighted by Crippen LogP contribution is -2.48. The van der Waals surface area contributed by atoms with Gasteiger partial charge in [0.05, 0.1) is 19.1 Å². The molecular formula is C13H21NO4. The highest BCUT2D eigenvalue weighted by Gasteiger charge is 2.35. The monoisotopic (exact) mass is 255 g/mol. The normalized spacial score (nSPS) is 32.5. The number of aliphatic carboxylic acids is 1. The fourth-order valence-electron chi connectivity index (χ4n) is 2.98. The van der Waals surface area contributed by atoms with Gasteiger partial charge in [0.25, 0.3) is 0 Å². The Bertz CT molecular complexity index is 331. The zero-order chi connectivity index (χ0) is 13.1. The van der Waals surface area contributed by atoms with Gasteiger partial charge in [-0.25, -0.2) is 0 Å². The van der Waals surface area contributed by atoms with Crippen molar-refractivity contribution in [3.05, 3.63) is 0 Å². The van der Waals surface area contributed by atoms with Gasteiger partial charge in [0.2, 0.25) is 5.91 Å². The molecule has 1 N–H and O–H groups in total. The van der Waals surface area contributed by atoms with E-state index in [9.17, 15) is 9.59 Å². The van der Waals surface area contributed by atoms with Gasteiger partial charge >= 0.3 is 5.97 Å². The molecule has 2 fully saturated rings. The predicted octanol–water partition coefficient (Wildman–Crippen LogP) is 1.12. The Morgan fingerprint density at radius 1 is 1.39 bits per heavy atom. The van der Waals surface area contributed by atoms with Crippen molar-refractivity contribution in [1.29, 1.82) is 0 Å². The number of carbonyl (C=O) groups is 2. The Morgan fingerprint density at radius 3 is 2.78 bits per heavy atom. The highest BCUT2D eigenvalue weighted by molar-refractivity contribution is 5.79. The lowest BCUT2D eigenvalue weighted by atomic mass is 9.96. The number of carboxylic acid groups (broad SMARTS) is 1. The molecule has 3 atom stereocenters. The van der Waals surface area contributed by atoms with Crippen molar-refractivity contribution in [3.8, 4) is 0 Å². The van der Waals surface area contributed by atoms with Crippen LogP contribution < -0.4 is 0 Å². The van der Waals surface area contributed by atoms with Gasteiger partial charge in [-0.1, -0.05) is 13.3 Å². The first-order valence-electron chi connectivity index (χ1n) is 6.70. The minimum atomic E-state index is -0.872. The molecule has 5 nitrogen and oxygen atoms in total. The van der Waals surface area contributed by atoms with Crippen LogP contribution in [-0.4, -0.2) is 47.7 Å². The molecule has 0 spiro atoms. The van der Waals surface area contributed by atoms with Crippen molar-refractivity contribution in [2.75, 3.05) is 19.7 Å². The number of hydrogen-bond donors (Lipinski definition) is 1. The first-order chi connectivity index (χ1) is 8.58. The SMILES string of the molecule is CC1CCCC1C(=O)N1CCOC(CC(=O)O)C1. The van der Waals surface area contributed by atoms with E-state index < -0.39 is 5.97 Å². The molecule has 18 heavy (non-hydrogen) atoms. The lowest BCUT2D eigenvalue weighted by molar-refractivity contribution is -0.150. The van der Waals surface area contributed by atoms with Gasteiger partial charge in [-0.05, 0) is 18.8 Å². The predicted molar refractivity (Wildman–Crippen MR) is 65.1 cm³/mol. The third-order valence-electron chi connectivity index (χ3n) is 4.03. The minimum absolute atomic E-state index is 0.0238. The first-order valence-corrected chi connectivity index (χ1v) is 6.70. The topological polar surface area (TPSA) is 66.8 Å². The molecular weight excluding hydrogens is 234 g/mol. The summed E-state index contributed by atoms with van der Waals surface area (Å²) in [6.07, 6.45) is 2.85. The van der Waals surface area contributed by atoms with Crippen LogP contribution >= 0.6 is 0 Å². The molecule has 2 aliphatic rings. The summed E-state index contributed by atoms with van der Waals surface area (Å²) in [6, 6.07) is 0. The van der Waals surface area contributed by atoms with E-state index in [1.807, 2.05) is 0 Å². The molecule has 1 heterocycles. The summed E-state index contributed by atoms with van der Waals surface area (Å²) in [7, 11) is 0. The summed E-state index contributed by atoms with van der Waals surface area (Å²) in [4.78, 5) is 24.8. The van der Waals surface area contributed by atoms with Crippen LogP contribution in [0.25, 0.3) is 0 Å².